The fraction of sp³-hybridized carbons (Fsp3) is 0.235. The van der Waals surface area contributed by atoms with E-state index in [9.17, 15) is 4.79 Å². The Morgan fingerprint density at radius 1 is 1.38 bits per heavy atom. The lowest BCUT2D eigenvalue weighted by Crippen LogP contribution is -2.46. The molecule has 0 spiro atoms. The maximum atomic E-state index is 13.0. The molecule has 3 rings (SSSR count). The van der Waals surface area contributed by atoms with Gasteiger partial charge in [0.1, 0.15) is 5.76 Å². The Bertz CT molecular complexity index is 925. The summed E-state index contributed by atoms with van der Waals surface area (Å²) in [7, 11) is 1.79. The van der Waals surface area contributed by atoms with Gasteiger partial charge in [-0.25, -0.2) is 0 Å². The summed E-state index contributed by atoms with van der Waals surface area (Å²) in [6.07, 6.45) is 0. The quantitative estimate of drug-likeness (QED) is 0.743. The van der Waals surface area contributed by atoms with Crippen LogP contribution in [0.15, 0.2) is 40.1 Å². The molecule has 0 aliphatic carbocycles. The Morgan fingerprint density at radius 2 is 2.12 bits per heavy atom. The molecule has 1 amide bonds. The van der Waals surface area contributed by atoms with E-state index in [1.54, 1.807) is 43.1 Å². The van der Waals surface area contributed by atoms with Crippen LogP contribution in [-0.2, 0) is 4.79 Å². The molecule has 1 aliphatic heterocycles. The number of benzene rings is 1. The van der Waals surface area contributed by atoms with Crippen LogP contribution in [0.25, 0.3) is 0 Å². The number of rotatable bonds is 3. The van der Waals surface area contributed by atoms with Crippen molar-refractivity contribution in [1.29, 1.82) is 0 Å². The maximum Gasteiger partial charge on any atom is 0.257 e. The van der Waals surface area contributed by atoms with E-state index in [4.69, 9.17) is 39.9 Å². The molecule has 0 fully saturated rings. The van der Waals surface area contributed by atoms with Gasteiger partial charge in [0.25, 0.3) is 5.91 Å². The molecule has 0 bridgehead atoms. The van der Waals surface area contributed by atoms with Crippen molar-refractivity contribution in [3.63, 3.8) is 0 Å². The van der Waals surface area contributed by atoms with Crippen LogP contribution in [0.2, 0.25) is 10.0 Å². The third kappa shape index (κ3) is 3.42. The summed E-state index contributed by atoms with van der Waals surface area (Å²) in [5.74, 6) is 0.596. The number of halogens is 2. The molecular formula is C17H16Cl2N4O2S. The van der Waals surface area contributed by atoms with E-state index in [2.05, 4.69) is 15.8 Å². The van der Waals surface area contributed by atoms with Crippen LogP contribution in [0.1, 0.15) is 24.3 Å². The third-order valence-corrected chi connectivity index (χ3v) is 5.39. The fourth-order valence-electron chi connectivity index (χ4n) is 2.72. The summed E-state index contributed by atoms with van der Waals surface area (Å²) in [5, 5.41) is 11.0. The predicted octanol–water partition coefficient (Wildman–Crippen LogP) is 4.06. The highest BCUT2D eigenvalue weighted by molar-refractivity contribution is 7.80. The number of allylic oxidation sites excluding steroid dienone is 1. The van der Waals surface area contributed by atoms with E-state index in [1.165, 1.54) is 0 Å². The summed E-state index contributed by atoms with van der Waals surface area (Å²) in [5.41, 5.74) is 1.83. The van der Waals surface area contributed by atoms with Gasteiger partial charge < -0.3 is 20.1 Å². The van der Waals surface area contributed by atoms with Crippen molar-refractivity contribution in [2.24, 2.45) is 0 Å². The van der Waals surface area contributed by atoms with Crippen molar-refractivity contribution >= 4 is 52.3 Å². The average molecular weight is 411 g/mol. The highest BCUT2D eigenvalue weighted by Gasteiger charge is 2.34. The van der Waals surface area contributed by atoms with Crippen molar-refractivity contribution < 1.29 is 9.32 Å². The molecule has 1 atom stereocenters. The summed E-state index contributed by atoms with van der Waals surface area (Å²) >= 11 is 17.9. The van der Waals surface area contributed by atoms with E-state index in [0.717, 1.165) is 0 Å². The Labute approximate surface area is 166 Å². The predicted molar refractivity (Wildman–Crippen MR) is 105 cm³/mol. The standard InChI is InChI=1S/C17H16Cl2N4O2S/c1-8-7-12(22-25-8)20-16(24)13-9(2)23(3)17(26)21-15(13)10-5-4-6-11(18)14(10)19/h4-7,15H,1-3H3,(H,21,26)(H,20,22,24). The molecule has 26 heavy (non-hydrogen) atoms. The first-order valence-electron chi connectivity index (χ1n) is 7.73. The number of carbonyl (C=O) groups is 1. The molecular weight excluding hydrogens is 395 g/mol. The molecule has 6 nitrogen and oxygen atoms in total. The first-order chi connectivity index (χ1) is 12.3. The van der Waals surface area contributed by atoms with E-state index in [0.29, 0.717) is 43.6 Å². The van der Waals surface area contributed by atoms with Crippen molar-refractivity contribution in [2.75, 3.05) is 12.4 Å². The van der Waals surface area contributed by atoms with E-state index in [-0.39, 0.29) is 5.91 Å². The van der Waals surface area contributed by atoms with Gasteiger partial charge in [0.2, 0.25) is 0 Å². The Balaban J connectivity index is 2.05. The van der Waals surface area contributed by atoms with Crippen LogP contribution >= 0.6 is 35.4 Å². The number of nitrogens with zero attached hydrogens (tertiary/aromatic N) is 2. The average Bonchev–Trinajstić information content (AvgIpc) is 2.99. The minimum Gasteiger partial charge on any atom is -0.360 e. The van der Waals surface area contributed by atoms with Crippen LogP contribution < -0.4 is 10.6 Å². The van der Waals surface area contributed by atoms with Gasteiger partial charge in [-0.05, 0) is 37.7 Å². The first-order valence-corrected chi connectivity index (χ1v) is 8.89. The minimum atomic E-state index is -0.544. The number of thiocarbonyl (C=S) groups is 1. The van der Waals surface area contributed by atoms with E-state index < -0.39 is 6.04 Å². The van der Waals surface area contributed by atoms with Gasteiger partial charge >= 0.3 is 0 Å². The normalized spacial score (nSPS) is 17.3. The molecule has 2 N–H and O–H groups in total. The second kappa shape index (κ2) is 7.26. The molecule has 2 aromatic rings. The lowest BCUT2D eigenvalue weighted by Gasteiger charge is -2.36. The number of nitrogens with one attached hydrogen (secondary N) is 2. The van der Waals surface area contributed by atoms with Gasteiger partial charge in [-0.15, -0.1) is 0 Å². The van der Waals surface area contributed by atoms with Gasteiger partial charge in [-0.1, -0.05) is 40.5 Å². The highest BCUT2D eigenvalue weighted by atomic mass is 35.5. The second-order valence-corrected chi connectivity index (χ2v) is 7.03. The van der Waals surface area contributed by atoms with Crippen molar-refractivity contribution in [3.05, 3.63) is 56.9 Å². The largest absolute Gasteiger partial charge is 0.360 e. The van der Waals surface area contributed by atoms with Crippen LogP contribution in [-0.4, -0.2) is 28.1 Å². The molecule has 136 valence electrons. The number of aromatic nitrogens is 1. The van der Waals surface area contributed by atoms with Crippen LogP contribution in [0.4, 0.5) is 5.82 Å². The van der Waals surface area contributed by atoms with Crippen LogP contribution in [0.3, 0.4) is 0 Å². The Hall–Kier alpha value is -2.09. The molecule has 1 aromatic heterocycles. The minimum absolute atomic E-state index is 0.333. The monoisotopic (exact) mass is 410 g/mol. The van der Waals surface area contributed by atoms with Gasteiger partial charge in [0, 0.05) is 18.8 Å². The smallest absolute Gasteiger partial charge is 0.257 e. The number of anilines is 1. The topological polar surface area (TPSA) is 70.4 Å². The SMILES string of the molecule is CC1=C(C(=O)Nc2cc(C)on2)C(c2cccc(Cl)c2Cl)NC(=S)N1C. The molecule has 1 aromatic carbocycles. The zero-order chi connectivity index (χ0) is 19.0. The van der Waals surface area contributed by atoms with Crippen LogP contribution in [0.5, 0.6) is 0 Å². The van der Waals surface area contributed by atoms with Crippen molar-refractivity contribution in [2.45, 2.75) is 19.9 Å². The molecule has 0 saturated carbocycles. The highest BCUT2D eigenvalue weighted by Crippen LogP contribution is 2.37. The van der Waals surface area contributed by atoms with E-state index >= 15 is 0 Å². The summed E-state index contributed by atoms with van der Waals surface area (Å²) in [6.45, 7) is 3.57. The molecule has 2 heterocycles. The fourth-order valence-corrected chi connectivity index (χ4v) is 3.39. The first kappa shape index (κ1) is 18.7. The van der Waals surface area contributed by atoms with Gasteiger partial charge in [0.05, 0.1) is 21.7 Å². The molecule has 0 saturated heterocycles. The molecule has 1 unspecified atom stereocenters. The number of carbonyl (C=O) groups excluding carboxylic acids is 1. The zero-order valence-electron chi connectivity index (χ0n) is 14.3. The van der Waals surface area contributed by atoms with Crippen molar-refractivity contribution in [3.8, 4) is 0 Å². The number of hydrogen-bond donors (Lipinski definition) is 2. The van der Waals surface area contributed by atoms with Gasteiger partial charge in [-0.2, -0.15) is 0 Å². The lowest BCUT2D eigenvalue weighted by molar-refractivity contribution is -0.113. The molecule has 9 heteroatoms. The summed E-state index contributed by atoms with van der Waals surface area (Å²) in [4.78, 5) is 14.7. The number of aryl methyl sites for hydroxylation is 1. The maximum absolute atomic E-state index is 13.0. The lowest BCUT2D eigenvalue weighted by atomic mass is 9.94. The van der Waals surface area contributed by atoms with Gasteiger partial charge in [0.15, 0.2) is 10.9 Å². The second-order valence-electron chi connectivity index (χ2n) is 5.86. The number of amides is 1. The third-order valence-electron chi connectivity index (χ3n) is 4.16. The Kier molecular flexibility index (Phi) is 5.22. The van der Waals surface area contributed by atoms with E-state index in [1.807, 2.05) is 6.92 Å². The van der Waals surface area contributed by atoms with Crippen molar-refractivity contribution in [1.82, 2.24) is 15.4 Å². The molecule has 0 radical (unpaired) electrons. The summed E-state index contributed by atoms with van der Waals surface area (Å²) in [6, 6.07) is 6.37. The van der Waals surface area contributed by atoms with Gasteiger partial charge in [-0.3, -0.25) is 4.79 Å². The van der Waals surface area contributed by atoms with Crippen LogP contribution in [0, 0.1) is 6.92 Å². The Morgan fingerprint density at radius 3 is 2.77 bits per heavy atom. The zero-order valence-corrected chi connectivity index (χ0v) is 16.6. The summed E-state index contributed by atoms with van der Waals surface area (Å²) < 4.78 is 5.00. The number of hydrogen-bond acceptors (Lipinski definition) is 4. The molecule has 1 aliphatic rings.